The van der Waals surface area contributed by atoms with E-state index in [2.05, 4.69) is 6.92 Å². The summed E-state index contributed by atoms with van der Waals surface area (Å²) in [6, 6.07) is 5.17. The van der Waals surface area contributed by atoms with Crippen LogP contribution in [0.3, 0.4) is 0 Å². The summed E-state index contributed by atoms with van der Waals surface area (Å²) in [5.41, 5.74) is 6.68. The summed E-state index contributed by atoms with van der Waals surface area (Å²) in [6.07, 6.45) is 4.32. The topological polar surface area (TPSA) is 55.5 Å². The zero-order chi connectivity index (χ0) is 14.5. The molecular weight excluding hydrogens is 238 g/mol. The van der Waals surface area contributed by atoms with E-state index in [0.717, 1.165) is 24.2 Å². The Bertz CT molecular complexity index is 396. The molecule has 1 atom stereocenters. The second-order valence-electron chi connectivity index (χ2n) is 6.04. The van der Waals surface area contributed by atoms with Crippen LogP contribution in [0.25, 0.3) is 0 Å². The van der Waals surface area contributed by atoms with Gasteiger partial charge in [0.25, 0.3) is 0 Å². The average molecular weight is 265 g/mol. The minimum Gasteiger partial charge on any atom is -0.508 e. The number of benzene rings is 1. The van der Waals surface area contributed by atoms with Gasteiger partial charge in [-0.25, -0.2) is 0 Å². The molecule has 0 spiro atoms. The molecule has 0 aromatic heterocycles. The molecule has 1 rings (SSSR count). The third-order valence-electron chi connectivity index (χ3n) is 2.94. The lowest BCUT2D eigenvalue weighted by Gasteiger charge is -2.22. The molecule has 1 aromatic rings. The van der Waals surface area contributed by atoms with Crippen molar-refractivity contribution in [3.63, 3.8) is 0 Å². The van der Waals surface area contributed by atoms with Crippen molar-refractivity contribution in [3.8, 4) is 11.5 Å². The van der Waals surface area contributed by atoms with Crippen molar-refractivity contribution in [2.24, 2.45) is 5.73 Å². The summed E-state index contributed by atoms with van der Waals surface area (Å²) in [4.78, 5) is 0. The number of ether oxygens (including phenoxy) is 1. The molecule has 0 aliphatic rings. The van der Waals surface area contributed by atoms with E-state index in [1.165, 1.54) is 12.8 Å². The minimum atomic E-state index is -0.249. The second kappa shape index (κ2) is 6.80. The van der Waals surface area contributed by atoms with Crippen LogP contribution in [0.1, 0.15) is 65.0 Å². The predicted molar refractivity (Wildman–Crippen MR) is 79.6 cm³/mol. The lowest BCUT2D eigenvalue weighted by molar-refractivity contribution is 0.130. The Kier molecular flexibility index (Phi) is 5.67. The smallest absolute Gasteiger partial charge is 0.120 e. The van der Waals surface area contributed by atoms with Crippen molar-refractivity contribution in [2.75, 3.05) is 0 Å². The van der Waals surface area contributed by atoms with Crippen LogP contribution in [0.2, 0.25) is 0 Å². The third-order valence-corrected chi connectivity index (χ3v) is 2.94. The van der Waals surface area contributed by atoms with E-state index in [1.807, 2.05) is 26.8 Å². The van der Waals surface area contributed by atoms with Crippen molar-refractivity contribution in [2.45, 2.75) is 65.0 Å². The van der Waals surface area contributed by atoms with Crippen LogP contribution in [0.5, 0.6) is 11.5 Å². The Morgan fingerprint density at radius 3 is 2.53 bits per heavy atom. The molecule has 0 heterocycles. The Morgan fingerprint density at radius 1 is 1.26 bits per heavy atom. The molecule has 0 saturated carbocycles. The van der Waals surface area contributed by atoms with Crippen molar-refractivity contribution >= 4 is 0 Å². The molecule has 3 N–H and O–H groups in total. The van der Waals surface area contributed by atoms with Gasteiger partial charge >= 0.3 is 0 Å². The summed E-state index contributed by atoms with van der Waals surface area (Å²) < 4.78 is 5.81. The van der Waals surface area contributed by atoms with Gasteiger partial charge in [-0.3, -0.25) is 0 Å². The van der Waals surface area contributed by atoms with Gasteiger partial charge in [-0.2, -0.15) is 0 Å². The fourth-order valence-electron chi connectivity index (χ4n) is 2.02. The van der Waals surface area contributed by atoms with Crippen molar-refractivity contribution in [3.05, 3.63) is 23.8 Å². The first-order chi connectivity index (χ1) is 8.83. The van der Waals surface area contributed by atoms with E-state index in [1.54, 1.807) is 12.1 Å². The summed E-state index contributed by atoms with van der Waals surface area (Å²) in [7, 11) is 0. The van der Waals surface area contributed by atoms with Crippen LogP contribution in [-0.4, -0.2) is 10.7 Å². The highest BCUT2D eigenvalue weighted by molar-refractivity contribution is 5.41. The van der Waals surface area contributed by atoms with Crippen molar-refractivity contribution in [1.82, 2.24) is 0 Å². The molecule has 0 fully saturated rings. The van der Waals surface area contributed by atoms with Crippen LogP contribution >= 0.6 is 0 Å². The molecule has 0 saturated heterocycles. The van der Waals surface area contributed by atoms with Gasteiger partial charge in [0.15, 0.2) is 0 Å². The van der Waals surface area contributed by atoms with E-state index in [4.69, 9.17) is 10.5 Å². The Hall–Kier alpha value is -1.22. The monoisotopic (exact) mass is 265 g/mol. The van der Waals surface area contributed by atoms with Gasteiger partial charge in [0.1, 0.15) is 17.1 Å². The van der Waals surface area contributed by atoms with Gasteiger partial charge in [-0.05, 0) is 45.4 Å². The van der Waals surface area contributed by atoms with Gasteiger partial charge in [0.05, 0.1) is 0 Å². The van der Waals surface area contributed by atoms with Gasteiger partial charge in [0.2, 0.25) is 0 Å². The van der Waals surface area contributed by atoms with Crippen LogP contribution in [0, 0.1) is 0 Å². The van der Waals surface area contributed by atoms with Gasteiger partial charge in [-0.15, -0.1) is 0 Å². The van der Waals surface area contributed by atoms with E-state index < -0.39 is 0 Å². The lowest BCUT2D eigenvalue weighted by atomic mass is 10.00. The summed E-state index contributed by atoms with van der Waals surface area (Å²) in [5, 5.41) is 9.92. The van der Waals surface area contributed by atoms with E-state index >= 15 is 0 Å². The van der Waals surface area contributed by atoms with Crippen molar-refractivity contribution in [1.29, 1.82) is 0 Å². The molecule has 0 aliphatic heterocycles. The van der Waals surface area contributed by atoms with Gasteiger partial charge < -0.3 is 15.6 Å². The number of aromatic hydroxyl groups is 1. The SMILES string of the molecule is CCCCC[C@@H](N)c1cc(OC(C)(C)C)ccc1O. The quantitative estimate of drug-likeness (QED) is 0.760. The molecule has 3 nitrogen and oxygen atoms in total. The van der Waals surface area contributed by atoms with Crippen LogP contribution in [-0.2, 0) is 0 Å². The number of phenolic OH excluding ortho intramolecular Hbond substituents is 1. The molecule has 1 aromatic carbocycles. The number of hydrogen-bond acceptors (Lipinski definition) is 3. The first kappa shape index (κ1) is 15.8. The number of hydrogen-bond donors (Lipinski definition) is 2. The molecule has 0 aliphatic carbocycles. The highest BCUT2D eigenvalue weighted by Gasteiger charge is 2.16. The first-order valence-electron chi connectivity index (χ1n) is 7.11. The first-order valence-corrected chi connectivity index (χ1v) is 7.11. The highest BCUT2D eigenvalue weighted by atomic mass is 16.5. The molecule has 108 valence electrons. The highest BCUT2D eigenvalue weighted by Crippen LogP contribution is 2.31. The zero-order valence-electron chi connectivity index (χ0n) is 12.6. The Labute approximate surface area is 116 Å². The number of nitrogens with two attached hydrogens (primary N) is 1. The average Bonchev–Trinajstić information content (AvgIpc) is 2.30. The summed E-state index contributed by atoms with van der Waals surface area (Å²) in [5.74, 6) is 1.01. The van der Waals surface area contributed by atoms with Crippen LogP contribution in [0.4, 0.5) is 0 Å². The number of phenols is 1. The minimum absolute atomic E-state index is 0.130. The normalized spacial score (nSPS) is 13.3. The molecule has 0 radical (unpaired) electrons. The Balaban J connectivity index is 2.78. The van der Waals surface area contributed by atoms with E-state index in [0.29, 0.717) is 0 Å². The number of unbranched alkanes of at least 4 members (excludes halogenated alkanes) is 2. The maximum Gasteiger partial charge on any atom is 0.120 e. The van der Waals surface area contributed by atoms with Crippen LogP contribution in [0.15, 0.2) is 18.2 Å². The molecule has 0 amide bonds. The largest absolute Gasteiger partial charge is 0.508 e. The fraction of sp³-hybridized carbons (Fsp3) is 0.625. The fourth-order valence-corrected chi connectivity index (χ4v) is 2.02. The van der Waals surface area contributed by atoms with Gasteiger partial charge in [-0.1, -0.05) is 26.2 Å². The molecule has 19 heavy (non-hydrogen) atoms. The lowest BCUT2D eigenvalue weighted by Crippen LogP contribution is -2.23. The number of rotatable bonds is 6. The second-order valence-corrected chi connectivity index (χ2v) is 6.04. The van der Waals surface area contributed by atoms with Crippen LogP contribution < -0.4 is 10.5 Å². The molecular formula is C16H27NO2. The maximum absolute atomic E-state index is 9.92. The van der Waals surface area contributed by atoms with E-state index in [9.17, 15) is 5.11 Å². The molecule has 3 heteroatoms. The molecule has 0 unspecified atom stereocenters. The van der Waals surface area contributed by atoms with Gasteiger partial charge in [0, 0.05) is 11.6 Å². The summed E-state index contributed by atoms with van der Waals surface area (Å²) in [6.45, 7) is 8.17. The third kappa shape index (κ3) is 5.52. The van der Waals surface area contributed by atoms with Crippen molar-refractivity contribution < 1.29 is 9.84 Å². The molecule has 0 bridgehead atoms. The summed E-state index contributed by atoms with van der Waals surface area (Å²) >= 11 is 0. The standard InChI is InChI=1S/C16H27NO2/c1-5-6-7-8-14(17)13-11-12(9-10-15(13)18)19-16(2,3)4/h9-11,14,18H,5-8,17H2,1-4H3/t14-/m1/s1. The predicted octanol–water partition coefficient (Wildman–Crippen LogP) is 4.15. The zero-order valence-corrected chi connectivity index (χ0v) is 12.6. The maximum atomic E-state index is 9.92. The Morgan fingerprint density at radius 2 is 1.95 bits per heavy atom. The van der Waals surface area contributed by atoms with E-state index in [-0.39, 0.29) is 17.4 Å².